The molecule has 0 spiro atoms. The fraction of sp³-hybridized carbons (Fsp3) is 0.619. The monoisotopic (exact) mass is 361 g/mol. The minimum absolute atomic E-state index is 0.393. The summed E-state index contributed by atoms with van der Waals surface area (Å²) < 4.78 is 12.9. The summed E-state index contributed by atoms with van der Waals surface area (Å²) >= 11 is 0. The van der Waals surface area contributed by atoms with Crippen molar-refractivity contribution in [1.82, 2.24) is 4.57 Å². The van der Waals surface area contributed by atoms with Crippen LogP contribution in [0, 0.1) is 0 Å². The molecule has 1 aromatic heterocycles. The van der Waals surface area contributed by atoms with Crippen molar-refractivity contribution in [1.29, 1.82) is 0 Å². The molecule has 5 nitrogen and oxygen atoms in total. The van der Waals surface area contributed by atoms with Crippen molar-refractivity contribution in [2.75, 3.05) is 0 Å². The van der Waals surface area contributed by atoms with Gasteiger partial charge in [0, 0.05) is 7.05 Å². The number of hydrogen-bond donors (Lipinski definition) is 0. The molecule has 0 saturated heterocycles. The Morgan fingerprint density at radius 2 is 1.15 bits per heavy atom. The standard InChI is InChI=1S/C21H31NO4/c1-20(2,3)25-18(23)16-14-12-10-8-9-11-13-15(14)17(22(16)7)19(24)26-21(4,5)6/h8-9H,10-13H2,1-7H3. The summed E-state index contributed by atoms with van der Waals surface area (Å²) in [4.78, 5) is 25.7. The minimum atomic E-state index is -0.595. The van der Waals surface area contributed by atoms with Crippen LogP contribution in [-0.4, -0.2) is 27.7 Å². The van der Waals surface area contributed by atoms with Crippen LogP contribution in [0.3, 0.4) is 0 Å². The van der Waals surface area contributed by atoms with Crippen molar-refractivity contribution >= 4 is 11.9 Å². The van der Waals surface area contributed by atoms with E-state index in [-0.39, 0.29) is 0 Å². The van der Waals surface area contributed by atoms with E-state index in [1.165, 1.54) is 0 Å². The topological polar surface area (TPSA) is 57.5 Å². The van der Waals surface area contributed by atoms with Crippen molar-refractivity contribution in [3.05, 3.63) is 34.7 Å². The van der Waals surface area contributed by atoms with Gasteiger partial charge in [0.15, 0.2) is 0 Å². The summed E-state index contributed by atoms with van der Waals surface area (Å²) in [7, 11) is 1.75. The van der Waals surface area contributed by atoms with E-state index in [0.29, 0.717) is 24.2 Å². The Balaban J connectivity index is 2.57. The van der Waals surface area contributed by atoms with Gasteiger partial charge in [-0.1, -0.05) is 12.2 Å². The zero-order valence-corrected chi connectivity index (χ0v) is 17.1. The Morgan fingerprint density at radius 1 is 0.808 bits per heavy atom. The number of carbonyl (C=O) groups is 2. The van der Waals surface area contributed by atoms with Gasteiger partial charge in [0.25, 0.3) is 0 Å². The lowest BCUT2D eigenvalue weighted by Crippen LogP contribution is -2.27. The van der Waals surface area contributed by atoms with E-state index in [0.717, 1.165) is 24.0 Å². The average Bonchev–Trinajstić information content (AvgIpc) is 2.66. The van der Waals surface area contributed by atoms with Gasteiger partial charge in [0.2, 0.25) is 0 Å². The number of nitrogens with zero attached hydrogens (tertiary/aromatic N) is 1. The first kappa shape index (κ1) is 20.3. The molecule has 2 rings (SSSR count). The normalized spacial score (nSPS) is 15.0. The molecule has 0 aliphatic heterocycles. The third-order valence-corrected chi connectivity index (χ3v) is 4.08. The molecule has 0 fully saturated rings. The molecular weight excluding hydrogens is 330 g/mol. The zero-order valence-electron chi connectivity index (χ0n) is 17.1. The molecule has 0 amide bonds. The summed E-state index contributed by atoms with van der Waals surface area (Å²) in [6.45, 7) is 11.1. The molecule has 1 aliphatic rings. The van der Waals surface area contributed by atoms with E-state index >= 15 is 0 Å². The number of allylic oxidation sites excluding steroid dienone is 2. The first-order valence-corrected chi connectivity index (χ1v) is 9.23. The van der Waals surface area contributed by atoms with Gasteiger partial charge in [-0.3, -0.25) is 0 Å². The van der Waals surface area contributed by atoms with Crippen molar-refractivity contribution in [3.8, 4) is 0 Å². The van der Waals surface area contributed by atoms with Crippen LogP contribution in [0.5, 0.6) is 0 Å². The first-order valence-electron chi connectivity index (χ1n) is 9.23. The van der Waals surface area contributed by atoms with Gasteiger partial charge in [-0.25, -0.2) is 9.59 Å². The Kier molecular flexibility index (Phi) is 5.69. The molecule has 26 heavy (non-hydrogen) atoms. The summed E-state index contributed by atoms with van der Waals surface area (Å²) in [5, 5.41) is 0. The van der Waals surface area contributed by atoms with E-state index in [1.807, 2.05) is 41.5 Å². The molecule has 0 radical (unpaired) electrons. The lowest BCUT2D eigenvalue weighted by molar-refractivity contribution is 0.00524. The van der Waals surface area contributed by atoms with Crippen LogP contribution >= 0.6 is 0 Å². The fourth-order valence-electron chi connectivity index (χ4n) is 3.21. The van der Waals surface area contributed by atoms with Crippen LogP contribution in [0.15, 0.2) is 12.2 Å². The van der Waals surface area contributed by atoms with Crippen molar-refractivity contribution in [3.63, 3.8) is 0 Å². The van der Waals surface area contributed by atoms with Crippen LogP contribution in [-0.2, 0) is 29.4 Å². The van der Waals surface area contributed by atoms with E-state index in [9.17, 15) is 9.59 Å². The fourth-order valence-corrected chi connectivity index (χ4v) is 3.21. The Labute approximate surface area is 156 Å². The quantitative estimate of drug-likeness (QED) is 0.580. The summed E-state index contributed by atoms with van der Waals surface area (Å²) in [6, 6.07) is 0. The molecular formula is C21H31NO4. The predicted molar refractivity (Wildman–Crippen MR) is 102 cm³/mol. The molecule has 0 N–H and O–H groups in total. The SMILES string of the molecule is Cn1c(C(=O)OC(C)(C)C)c2c(c1C(=O)OC(C)(C)C)CCC=CCC2. The predicted octanol–water partition coefficient (Wildman–Crippen LogP) is 4.37. The second-order valence-corrected chi connectivity index (χ2v) is 8.77. The van der Waals surface area contributed by atoms with Crippen LogP contribution in [0.1, 0.15) is 86.5 Å². The van der Waals surface area contributed by atoms with Gasteiger partial charge >= 0.3 is 11.9 Å². The van der Waals surface area contributed by atoms with E-state index in [1.54, 1.807) is 11.6 Å². The molecule has 1 heterocycles. The van der Waals surface area contributed by atoms with Gasteiger partial charge in [0.1, 0.15) is 22.6 Å². The number of carbonyl (C=O) groups excluding carboxylic acids is 2. The molecule has 0 aromatic carbocycles. The number of fused-ring (bicyclic) bond motifs is 1. The molecule has 0 unspecified atom stereocenters. The van der Waals surface area contributed by atoms with E-state index in [2.05, 4.69) is 12.2 Å². The van der Waals surface area contributed by atoms with E-state index < -0.39 is 23.1 Å². The number of rotatable bonds is 2. The summed E-state index contributed by atoms with van der Waals surface area (Å²) in [5.74, 6) is -0.786. The van der Waals surface area contributed by atoms with Gasteiger partial charge in [-0.15, -0.1) is 0 Å². The summed E-state index contributed by atoms with van der Waals surface area (Å²) in [6.07, 6.45) is 7.33. The van der Waals surface area contributed by atoms with Gasteiger partial charge in [-0.05, 0) is 78.4 Å². The number of ether oxygens (including phenoxy) is 2. The minimum Gasteiger partial charge on any atom is -0.455 e. The van der Waals surface area contributed by atoms with E-state index in [4.69, 9.17) is 9.47 Å². The smallest absolute Gasteiger partial charge is 0.355 e. The second-order valence-electron chi connectivity index (χ2n) is 8.77. The lowest BCUT2D eigenvalue weighted by atomic mass is 9.96. The number of esters is 2. The molecule has 1 aromatic rings. The maximum absolute atomic E-state index is 12.9. The molecule has 0 bridgehead atoms. The van der Waals surface area contributed by atoms with Crippen molar-refractivity contribution in [2.45, 2.75) is 78.4 Å². The molecule has 144 valence electrons. The highest BCUT2D eigenvalue weighted by molar-refractivity contribution is 5.97. The third-order valence-electron chi connectivity index (χ3n) is 4.08. The third kappa shape index (κ3) is 4.77. The van der Waals surface area contributed by atoms with Crippen LogP contribution in [0.4, 0.5) is 0 Å². The highest BCUT2D eigenvalue weighted by atomic mass is 16.6. The average molecular weight is 361 g/mol. The molecule has 0 saturated carbocycles. The zero-order chi connectivity index (χ0) is 19.7. The first-order chi connectivity index (χ1) is 11.9. The Bertz CT molecular complexity index is 667. The lowest BCUT2D eigenvalue weighted by Gasteiger charge is -2.21. The highest BCUT2D eigenvalue weighted by Gasteiger charge is 2.33. The Hall–Kier alpha value is -2.04. The molecule has 0 atom stereocenters. The van der Waals surface area contributed by atoms with Crippen LogP contribution in [0.2, 0.25) is 0 Å². The largest absolute Gasteiger partial charge is 0.455 e. The van der Waals surface area contributed by atoms with Crippen molar-refractivity contribution < 1.29 is 19.1 Å². The van der Waals surface area contributed by atoms with Crippen LogP contribution in [0.25, 0.3) is 0 Å². The number of hydrogen-bond acceptors (Lipinski definition) is 4. The van der Waals surface area contributed by atoms with Crippen LogP contribution < -0.4 is 0 Å². The number of aromatic nitrogens is 1. The van der Waals surface area contributed by atoms with Gasteiger partial charge < -0.3 is 14.0 Å². The molecule has 5 heteroatoms. The van der Waals surface area contributed by atoms with Gasteiger partial charge in [-0.2, -0.15) is 0 Å². The maximum Gasteiger partial charge on any atom is 0.355 e. The maximum atomic E-state index is 12.9. The van der Waals surface area contributed by atoms with Gasteiger partial charge in [0.05, 0.1) is 0 Å². The second kappa shape index (κ2) is 7.29. The Morgan fingerprint density at radius 3 is 1.46 bits per heavy atom. The highest BCUT2D eigenvalue weighted by Crippen LogP contribution is 2.30. The summed E-state index contributed by atoms with van der Waals surface area (Å²) in [5.41, 5.74) is 1.56. The molecule has 1 aliphatic carbocycles. The van der Waals surface area contributed by atoms with Crippen molar-refractivity contribution in [2.24, 2.45) is 7.05 Å².